The van der Waals surface area contributed by atoms with E-state index in [4.69, 9.17) is 9.47 Å². The van der Waals surface area contributed by atoms with E-state index in [9.17, 15) is 4.79 Å². The summed E-state index contributed by atoms with van der Waals surface area (Å²) in [7, 11) is 1.64. The molecule has 0 saturated heterocycles. The van der Waals surface area contributed by atoms with Gasteiger partial charge in [-0.2, -0.15) is 0 Å². The van der Waals surface area contributed by atoms with Crippen molar-refractivity contribution in [1.29, 1.82) is 0 Å². The smallest absolute Gasteiger partial charge is 0.261 e. The van der Waals surface area contributed by atoms with Crippen molar-refractivity contribution in [3.05, 3.63) is 59.7 Å². The maximum absolute atomic E-state index is 13.0. The fraction of sp³-hybridized carbons (Fsp3) is 0.350. The molecule has 1 unspecified atom stereocenters. The highest BCUT2D eigenvalue weighted by atomic mass is 16.5. The van der Waals surface area contributed by atoms with E-state index in [1.54, 1.807) is 12.0 Å². The van der Waals surface area contributed by atoms with Crippen LogP contribution < -0.4 is 9.64 Å². The Kier molecular flexibility index (Phi) is 3.98. The Morgan fingerprint density at radius 2 is 1.71 bits per heavy atom. The zero-order valence-electron chi connectivity index (χ0n) is 13.8. The van der Waals surface area contributed by atoms with Crippen LogP contribution in [-0.4, -0.2) is 19.1 Å². The van der Waals surface area contributed by atoms with E-state index in [1.165, 1.54) is 12.8 Å². The third-order valence-electron chi connectivity index (χ3n) is 4.88. The molecule has 1 aliphatic heterocycles. The molecule has 1 fully saturated rings. The van der Waals surface area contributed by atoms with E-state index in [0.29, 0.717) is 0 Å². The van der Waals surface area contributed by atoms with Crippen LogP contribution in [0, 0.1) is 0 Å². The molecule has 2 aromatic rings. The van der Waals surface area contributed by atoms with Crippen molar-refractivity contribution >= 4 is 11.6 Å². The monoisotopic (exact) mass is 323 g/mol. The van der Waals surface area contributed by atoms with Crippen molar-refractivity contribution in [2.45, 2.75) is 38.0 Å². The number of hydrogen-bond acceptors (Lipinski definition) is 3. The number of rotatable bonds is 4. The van der Waals surface area contributed by atoms with Crippen LogP contribution in [0.25, 0.3) is 0 Å². The highest BCUT2D eigenvalue weighted by Crippen LogP contribution is 2.40. The van der Waals surface area contributed by atoms with Gasteiger partial charge >= 0.3 is 0 Å². The fourth-order valence-corrected chi connectivity index (χ4v) is 3.62. The van der Waals surface area contributed by atoms with Gasteiger partial charge in [-0.3, -0.25) is 9.69 Å². The summed E-state index contributed by atoms with van der Waals surface area (Å²) in [6.07, 6.45) is 4.44. The molecular weight excluding hydrogens is 302 g/mol. The Morgan fingerprint density at radius 3 is 2.42 bits per heavy atom. The molecule has 1 aliphatic carbocycles. The second-order valence-electron chi connectivity index (χ2n) is 6.36. The van der Waals surface area contributed by atoms with Gasteiger partial charge in [0.1, 0.15) is 5.75 Å². The molecule has 124 valence electrons. The molecule has 2 aliphatic rings. The van der Waals surface area contributed by atoms with Crippen molar-refractivity contribution in [3.8, 4) is 5.75 Å². The average Bonchev–Trinajstić information content (AvgIpc) is 3.23. The molecule has 0 radical (unpaired) electrons. The fourth-order valence-electron chi connectivity index (χ4n) is 3.62. The van der Waals surface area contributed by atoms with Crippen LogP contribution in [0.15, 0.2) is 48.5 Å². The van der Waals surface area contributed by atoms with Gasteiger partial charge in [-0.15, -0.1) is 0 Å². The molecule has 4 rings (SSSR count). The van der Waals surface area contributed by atoms with Gasteiger partial charge in [0.2, 0.25) is 0 Å². The summed E-state index contributed by atoms with van der Waals surface area (Å²) in [6, 6.07) is 15.3. The van der Waals surface area contributed by atoms with Gasteiger partial charge in [0.05, 0.1) is 13.2 Å². The summed E-state index contributed by atoms with van der Waals surface area (Å²) >= 11 is 0. The molecule has 1 heterocycles. The molecule has 4 heteroatoms. The number of methoxy groups -OCH3 is 1. The lowest BCUT2D eigenvalue weighted by Crippen LogP contribution is -2.31. The van der Waals surface area contributed by atoms with E-state index >= 15 is 0 Å². The minimum atomic E-state index is -0.342. The van der Waals surface area contributed by atoms with Crippen LogP contribution in [0.2, 0.25) is 0 Å². The van der Waals surface area contributed by atoms with Crippen LogP contribution in [0.5, 0.6) is 5.75 Å². The van der Waals surface area contributed by atoms with Crippen molar-refractivity contribution in [2.24, 2.45) is 0 Å². The first-order valence-corrected chi connectivity index (χ1v) is 8.50. The molecule has 0 spiro atoms. The Labute approximate surface area is 142 Å². The number of carbonyl (C=O) groups is 1. The number of hydrogen-bond donors (Lipinski definition) is 0. The molecule has 1 atom stereocenters. The van der Waals surface area contributed by atoms with Gasteiger partial charge in [-0.1, -0.05) is 31.0 Å². The second kappa shape index (κ2) is 6.29. The first-order valence-electron chi connectivity index (χ1n) is 8.50. The molecule has 0 aromatic heterocycles. The average molecular weight is 323 g/mol. The largest absolute Gasteiger partial charge is 0.497 e. The Bertz CT molecular complexity index is 735. The zero-order chi connectivity index (χ0) is 16.5. The molecule has 1 saturated carbocycles. The lowest BCUT2D eigenvalue weighted by Gasteiger charge is -2.28. The number of amides is 1. The molecule has 24 heavy (non-hydrogen) atoms. The van der Waals surface area contributed by atoms with Gasteiger partial charge < -0.3 is 9.47 Å². The highest BCUT2D eigenvalue weighted by molar-refractivity contribution is 6.10. The van der Waals surface area contributed by atoms with Crippen molar-refractivity contribution in [3.63, 3.8) is 0 Å². The Morgan fingerprint density at radius 1 is 1.00 bits per heavy atom. The van der Waals surface area contributed by atoms with Crippen molar-refractivity contribution in [2.75, 3.05) is 12.0 Å². The van der Waals surface area contributed by atoms with Gasteiger partial charge in [0.15, 0.2) is 6.23 Å². The maximum Gasteiger partial charge on any atom is 0.261 e. The summed E-state index contributed by atoms with van der Waals surface area (Å²) in [5, 5.41) is 0. The first kappa shape index (κ1) is 15.2. The number of carbonyl (C=O) groups excluding carboxylic acids is 1. The van der Waals surface area contributed by atoms with E-state index in [-0.39, 0.29) is 18.2 Å². The van der Waals surface area contributed by atoms with Crippen LogP contribution in [0.4, 0.5) is 5.69 Å². The third-order valence-corrected chi connectivity index (χ3v) is 4.88. The number of fused-ring (bicyclic) bond motifs is 1. The highest BCUT2D eigenvalue weighted by Gasteiger charge is 2.39. The zero-order valence-corrected chi connectivity index (χ0v) is 13.8. The third kappa shape index (κ3) is 2.57. The summed E-state index contributed by atoms with van der Waals surface area (Å²) in [6.45, 7) is 0. The quantitative estimate of drug-likeness (QED) is 0.841. The molecule has 4 nitrogen and oxygen atoms in total. The van der Waals surface area contributed by atoms with E-state index in [2.05, 4.69) is 0 Å². The van der Waals surface area contributed by atoms with E-state index in [0.717, 1.165) is 35.4 Å². The number of benzene rings is 2. The lowest BCUT2D eigenvalue weighted by molar-refractivity contribution is -0.00519. The van der Waals surface area contributed by atoms with E-state index < -0.39 is 0 Å². The minimum Gasteiger partial charge on any atom is -0.497 e. The predicted octanol–water partition coefficient (Wildman–Crippen LogP) is 4.31. The molecule has 1 amide bonds. The summed E-state index contributed by atoms with van der Waals surface area (Å²) in [5.41, 5.74) is 2.53. The first-order chi connectivity index (χ1) is 11.8. The van der Waals surface area contributed by atoms with Gasteiger partial charge in [0, 0.05) is 16.8 Å². The standard InChI is InChI=1S/C20H21NO3/c1-23-15-12-10-14(11-13-15)21-19(22)17-8-4-5-9-18(17)20(21)24-16-6-2-3-7-16/h4-5,8-13,16,20H,2-3,6-7H2,1H3. The molecule has 2 aromatic carbocycles. The van der Waals surface area contributed by atoms with Gasteiger partial charge in [-0.25, -0.2) is 0 Å². The SMILES string of the molecule is COc1ccc(N2C(=O)c3ccccc3C2OC2CCCC2)cc1. The Hall–Kier alpha value is -2.33. The van der Waals surface area contributed by atoms with Crippen LogP contribution in [0.3, 0.4) is 0 Å². The number of ether oxygens (including phenoxy) is 2. The molecule has 0 N–H and O–H groups in total. The van der Waals surface area contributed by atoms with Crippen molar-refractivity contribution < 1.29 is 14.3 Å². The summed E-state index contributed by atoms with van der Waals surface area (Å²) < 4.78 is 11.6. The summed E-state index contributed by atoms with van der Waals surface area (Å²) in [5.74, 6) is 0.773. The van der Waals surface area contributed by atoms with Crippen LogP contribution >= 0.6 is 0 Å². The van der Waals surface area contributed by atoms with Gasteiger partial charge in [-0.05, 0) is 43.2 Å². The van der Waals surface area contributed by atoms with Gasteiger partial charge in [0.25, 0.3) is 5.91 Å². The molecule has 0 bridgehead atoms. The van der Waals surface area contributed by atoms with Crippen molar-refractivity contribution in [1.82, 2.24) is 0 Å². The number of nitrogens with zero attached hydrogens (tertiary/aromatic N) is 1. The maximum atomic E-state index is 13.0. The minimum absolute atomic E-state index is 0.00114. The normalized spacial score (nSPS) is 20.5. The van der Waals surface area contributed by atoms with Crippen LogP contribution in [0.1, 0.15) is 47.8 Å². The second-order valence-corrected chi connectivity index (χ2v) is 6.36. The molecular formula is C20H21NO3. The van der Waals surface area contributed by atoms with Crippen LogP contribution in [-0.2, 0) is 4.74 Å². The number of anilines is 1. The lowest BCUT2D eigenvalue weighted by atomic mass is 10.1. The summed E-state index contributed by atoms with van der Waals surface area (Å²) in [4.78, 5) is 14.7. The topological polar surface area (TPSA) is 38.8 Å². The Balaban J connectivity index is 1.70. The predicted molar refractivity (Wildman–Crippen MR) is 92.3 cm³/mol. The van der Waals surface area contributed by atoms with E-state index in [1.807, 2.05) is 48.5 Å².